The van der Waals surface area contributed by atoms with Gasteiger partial charge in [-0.2, -0.15) is 0 Å². The van der Waals surface area contributed by atoms with E-state index in [9.17, 15) is 8.42 Å². The lowest BCUT2D eigenvalue weighted by molar-refractivity contribution is 0.583. The summed E-state index contributed by atoms with van der Waals surface area (Å²) >= 11 is 12.8. The predicted octanol–water partition coefficient (Wildman–Crippen LogP) is 3.53. The summed E-state index contributed by atoms with van der Waals surface area (Å²) in [5.74, 6) is 0. The molecule has 1 N–H and O–H groups in total. The molecule has 0 bridgehead atoms. The Morgan fingerprint density at radius 3 is 2.39 bits per heavy atom. The van der Waals surface area contributed by atoms with Crippen molar-refractivity contribution in [3.63, 3.8) is 0 Å². The summed E-state index contributed by atoms with van der Waals surface area (Å²) in [5, 5.41) is 2.67. The molecule has 1 aromatic carbocycles. The van der Waals surface area contributed by atoms with E-state index >= 15 is 0 Å². The molecule has 18 heavy (non-hydrogen) atoms. The monoisotopic (exact) mass is 321 g/mol. The van der Waals surface area contributed by atoms with E-state index in [1.54, 1.807) is 35.7 Å². The summed E-state index contributed by atoms with van der Waals surface area (Å²) in [7, 11) is -3.46. The van der Waals surface area contributed by atoms with Crippen LogP contribution >= 0.6 is 34.5 Å². The third kappa shape index (κ3) is 3.46. The van der Waals surface area contributed by atoms with Gasteiger partial charge in [0.1, 0.15) is 4.21 Å². The SMILES string of the molecule is O=S(=O)(NCc1cc(Cl)cc(Cl)c1)c1cccs1. The van der Waals surface area contributed by atoms with Crippen molar-refractivity contribution in [2.45, 2.75) is 10.8 Å². The minimum absolute atomic E-state index is 0.153. The molecule has 0 spiro atoms. The van der Waals surface area contributed by atoms with Crippen LogP contribution < -0.4 is 4.72 Å². The van der Waals surface area contributed by atoms with Gasteiger partial charge in [-0.1, -0.05) is 29.3 Å². The molecule has 0 aliphatic heterocycles. The molecule has 3 nitrogen and oxygen atoms in total. The summed E-state index contributed by atoms with van der Waals surface area (Å²) in [6.45, 7) is 0.153. The highest BCUT2D eigenvalue weighted by molar-refractivity contribution is 7.91. The van der Waals surface area contributed by atoms with E-state index in [1.807, 2.05) is 0 Å². The molecule has 0 saturated carbocycles. The topological polar surface area (TPSA) is 46.2 Å². The van der Waals surface area contributed by atoms with Crippen LogP contribution in [0.4, 0.5) is 0 Å². The number of hydrogen-bond donors (Lipinski definition) is 1. The van der Waals surface area contributed by atoms with Gasteiger partial charge in [-0.15, -0.1) is 11.3 Å². The molecule has 7 heteroatoms. The van der Waals surface area contributed by atoms with E-state index in [2.05, 4.69) is 4.72 Å². The van der Waals surface area contributed by atoms with Crippen LogP contribution in [0, 0.1) is 0 Å². The Morgan fingerprint density at radius 2 is 1.83 bits per heavy atom. The molecular weight excluding hydrogens is 313 g/mol. The van der Waals surface area contributed by atoms with E-state index in [0.29, 0.717) is 15.6 Å². The van der Waals surface area contributed by atoms with E-state index in [4.69, 9.17) is 23.2 Å². The number of hydrogen-bond acceptors (Lipinski definition) is 3. The summed E-state index contributed by atoms with van der Waals surface area (Å²) < 4.78 is 26.5. The van der Waals surface area contributed by atoms with Crippen molar-refractivity contribution in [2.75, 3.05) is 0 Å². The van der Waals surface area contributed by atoms with Crippen molar-refractivity contribution in [3.8, 4) is 0 Å². The zero-order chi connectivity index (χ0) is 13.2. The Hall–Kier alpha value is -0.590. The zero-order valence-electron chi connectivity index (χ0n) is 9.06. The van der Waals surface area contributed by atoms with Gasteiger partial charge in [0, 0.05) is 16.6 Å². The fourth-order valence-electron chi connectivity index (χ4n) is 1.38. The van der Waals surface area contributed by atoms with E-state index < -0.39 is 10.0 Å². The Kier molecular flexibility index (Phi) is 4.29. The summed E-state index contributed by atoms with van der Waals surface area (Å²) in [5.41, 5.74) is 0.715. The predicted molar refractivity (Wildman–Crippen MR) is 74.8 cm³/mol. The van der Waals surface area contributed by atoms with E-state index in [0.717, 1.165) is 0 Å². The van der Waals surface area contributed by atoms with Gasteiger partial charge in [-0.05, 0) is 35.2 Å². The molecule has 0 aliphatic rings. The third-order valence-electron chi connectivity index (χ3n) is 2.15. The molecule has 2 aromatic rings. The first kappa shape index (κ1) is 13.8. The second-order valence-corrected chi connectivity index (χ2v) is 7.35. The average Bonchev–Trinajstić information content (AvgIpc) is 2.79. The highest BCUT2D eigenvalue weighted by Gasteiger charge is 2.14. The van der Waals surface area contributed by atoms with E-state index in [1.165, 1.54) is 11.3 Å². The molecule has 0 aliphatic carbocycles. The third-order valence-corrected chi connectivity index (χ3v) is 5.38. The quantitative estimate of drug-likeness (QED) is 0.936. The maximum atomic E-state index is 11.9. The fraction of sp³-hybridized carbons (Fsp3) is 0.0909. The highest BCUT2D eigenvalue weighted by Crippen LogP contribution is 2.20. The van der Waals surface area contributed by atoms with Crippen LogP contribution in [0.1, 0.15) is 5.56 Å². The molecular formula is C11H9Cl2NO2S2. The number of sulfonamides is 1. The van der Waals surface area contributed by atoms with Crippen molar-refractivity contribution in [3.05, 3.63) is 51.3 Å². The minimum Gasteiger partial charge on any atom is -0.206 e. The number of halogens is 2. The van der Waals surface area contributed by atoms with Crippen molar-refractivity contribution >= 4 is 44.6 Å². The Bertz CT molecular complexity index is 619. The number of nitrogens with one attached hydrogen (secondary N) is 1. The lowest BCUT2D eigenvalue weighted by Crippen LogP contribution is -2.22. The Balaban J connectivity index is 2.12. The summed E-state index contributed by atoms with van der Waals surface area (Å²) in [6.07, 6.45) is 0. The zero-order valence-corrected chi connectivity index (χ0v) is 12.2. The molecule has 96 valence electrons. The van der Waals surface area contributed by atoms with Gasteiger partial charge in [-0.25, -0.2) is 13.1 Å². The van der Waals surface area contributed by atoms with Crippen LogP contribution in [0.25, 0.3) is 0 Å². The first-order valence-electron chi connectivity index (χ1n) is 4.95. The van der Waals surface area contributed by atoms with E-state index in [-0.39, 0.29) is 10.8 Å². The second kappa shape index (κ2) is 5.59. The first-order valence-corrected chi connectivity index (χ1v) is 8.07. The molecule has 0 fully saturated rings. The van der Waals surface area contributed by atoms with Gasteiger partial charge in [0.25, 0.3) is 0 Å². The lowest BCUT2D eigenvalue weighted by Gasteiger charge is -2.06. The summed E-state index contributed by atoms with van der Waals surface area (Å²) in [4.78, 5) is 0. The first-order chi connectivity index (χ1) is 8.47. The van der Waals surface area contributed by atoms with Gasteiger partial charge in [0.2, 0.25) is 10.0 Å². The van der Waals surface area contributed by atoms with Gasteiger partial charge in [0.15, 0.2) is 0 Å². The number of rotatable bonds is 4. The van der Waals surface area contributed by atoms with Crippen LogP contribution in [0.5, 0.6) is 0 Å². The van der Waals surface area contributed by atoms with Crippen LogP contribution in [0.15, 0.2) is 39.9 Å². The van der Waals surface area contributed by atoms with Crippen LogP contribution in [-0.2, 0) is 16.6 Å². The molecule has 0 amide bonds. The van der Waals surface area contributed by atoms with Crippen molar-refractivity contribution in [2.24, 2.45) is 0 Å². The highest BCUT2D eigenvalue weighted by atomic mass is 35.5. The molecule has 0 unspecified atom stereocenters. The Morgan fingerprint density at radius 1 is 1.17 bits per heavy atom. The molecule has 1 heterocycles. The molecule has 0 atom stereocenters. The molecule has 0 saturated heterocycles. The van der Waals surface area contributed by atoms with Crippen LogP contribution in [-0.4, -0.2) is 8.42 Å². The smallest absolute Gasteiger partial charge is 0.206 e. The largest absolute Gasteiger partial charge is 0.250 e. The average molecular weight is 322 g/mol. The number of benzene rings is 1. The van der Waals surface area contributed by atoms with Gasteiger partial charge < -0.3 is 0 Å². The summed E-state index contributed by atoms with van der Waals surface area (Å²) in [6, 6.07) is 8.18. The Labute approximate surface area is 119 Å². The van der Waals surface area contributed by atoms with Crippen LogP contribution in [0.2, 0.25) is 10.0 Å². The minimum atomic E-state index is -3.46. The van der Waals surface area contributed by atoms with Gasteiger partial charge >= 0.3 is 0 Å². The maximum absolute atomic E-state index is 11.9. The van der Waals surface area contributed by atoms with Crippen LogP contribution in [0.3, 0.4) is 0 Å². The van der Waals surface area contributed by atoms with Crippen molar-refractivity contribution in [1.29, 1.82) is 0 Å². The number of thiophene rings is 1. The van der Waals surface area contributed by atoms with Crippen molar-refractivity contribution < 1.29 is 8.42 Å². The normalized spacial score (nSPS) is 11.7. The van der Waals surface area contributed by atoms with Gasteiger partial charge in [0.05, 0.1) is 0 Å². The van der Waals surface area contributed by atoms with Crippen molar-refractivity contribution in [1.82, 2.24) is 4.72 Å². The molecule has 1 aromatic heterocycles. The fourth-order valence-corrected chi connectivity index (χ4v) is 4.01. The molecule has 0 radical (unpaired) electrons. The lowest BCUT2D eigenvalue weighted by atomic mass is 10.2. The standard InChI is InChI=1S/C11H9Cl2NO2S2/c12-9-4-8(5-10(13)6-9)7-14-18(15,16)11-2-1-3-17-11/h1-6,14H,7H2. The molecule has 2 rings (SSSR count). The maximum Gasteiger partial charge on any atom is 0.250 e. The second-order valence-electron chi connectivity index (χ2n) is 3.53. The van der Waals surface area contributed by atoms with Gasteiger partial charge in [-0.3, -0.25) is 0 Å².